The van der Waals surface area contributed by atoms with Crippen LogP contribution < -0.4 is 4.74 Å². The first-order valence-corrected chi connectivity index (χ1v) is 6.63. The summed E-state index contributed by atoms with van der Waals surface area (Å²) in [5.41, 5.74) is 0.875. The monoisotopic (exact) mass is 274 g/mol. The van der Waals surface area contributed by atoms with Crippen LogP contribution >= 0.6 is 11.3 Å². The number of likely N-dealkylation sites (N-methyl/N-ethyl adjacent to an activating group) is 1. The first-order valence-electron chi connectivity index (χ1n) is 5.82. The van der Waals surface area contributed by atoms with Crippen LogP contribution in [0.25, 0.3) is 10.2 Å². The summed E-state index contributed by atoms with van der Waals surface area (Å²) < 4.78 is 6.45. The van der Waals surface area contributed by atoms with Gasteiger partial charge in [-0.15, -0.1) is 6.42 Å². The molecule has 19 heavy (non-hydrogen) atoms. The van der Waals surface area contributed by atoms with E-state index in [1.165, 1.54) is 16.2 Å². The van der Waals surface area contributed by atoms with E-state index in [1.54, 1.807) is 14.0 Å². The first kappa shape index (κ1) is 13.4. The van der Waals surface area contributed by atoms with E-state index in [4.69, 9.17) is 11.2 Å². The van der Waals surface area contributed by atoms with Crippen LogP contribution in [0.3, 0.4) is 0 Å². The molecule has 1 aromatic heterocycles. The van der Waals surface area contributed by atoms with E-state index in [0.717, 1.165) is 10.2 Å². The van der Waals surface area contributed by atoms with Gasteiger partial charge in [-0.2, -0.15) is 0 Å². The number of para-hydroxylation sites is 1. The van der Waals surface area contributed by atoms with Gasteiger partial charge in [0.2, 0.25) is 0 Å². The number of benzene rings is 1. The predicted molar refractivity (Wildman–Crippen MR) is 76.2 cm³/mol. The molecule has 98 valence electrons. The van der Waals surface area contributed by atoms with Gasteiger partial charge in [-0.3, -0.25) is 4.79 Å². The molecule has 5 heteroatoms. The smallest absolute Gasteiger partial charge is 0.274 e. The third-order valence-electron chi connectivity index (χ3n) is 2.81. The molecular formula is C14H14N2O2S. The number of carbonyl (C=O) groups is 1. The topological polar surface area (TPSA) is 42.4 Å². The van der Waals surface area contributed by atoms with Crippen LogP contribution in [0.15, 0.2) is 24.3 Å². The molecule has 0 bridgehead atoms. The van der Waals surface area contributed by atoms with Crippen LogP contribution in [0.5, 0.6) is 5.19 Å². The van der Waals surface area contributed by atoms with E-state index in [1.807, 2.05) is 24.3 Å². The second-order valence-electron chi connectivity index (χ2n) is 4.08. The van der Waals surface area contributed by atoms with Gasteiger partial charge >= 0.3 is 0 Å². The molecule has 0 aliphatic heterocycles. The van der Waals surface area contributed by atoms with Crippen molar-refractivity contribution in [3.63, 3.8) is 0 Å². The Hall–Kier alpha value is -2.06. The van der Waals surface area contributed by atoms with Crippen LogP contribution in [0.1, 0.15) is 6.92 Å². The summed E-state index contributed by atoms with van der Waals surface area (Å²) in [5, 5.41) is 0.497. The molecule has 2 aromatic rings. The number of terminal acetylenes is 1. The Morgan fingerprint density at radius 3 is 3.00 bits per heavy atom. The SMILES string of the molecule is C#CC(C)N(C)C(=O)COc1nc2ccccc2s1. The highest BCUT2D eigenvalue weighted by Gasteiger charge is 2.15. The van der Waals surface area contributed by atoms with E-state index in [-0.39, 0.29) is 18.6 Å². The molecule has 1 amide bonds. The van der Waals surface area contributed by atoms with Gasteiger partial charge in [0.05, 0.1) is 16.3 Å². The van der Waals surface area contributed by atoms with E-state index in [2.05, 4.69) is 10.9 Å². The van der Waals surface area contributed by atoms with Gasteiger partial charge in [-0.05, 0) is 19.1 Å². The van der Waals surface area contributed by atoms with Crippen molar-refractivity contribution < 1.29 is 9.53 Å². The molecule has 1 atom stereocenters. The maximum Gasteiger partial charge on any atom is 0.274 e. The van der Waals surface area contributed by atoms with Gasteiger partial charge in [0.1, 0.15) is 0 Å². The van der Waals surface area contributed by atoms with Crippen molar-refractivity contribution in [3.8, 4) is 17.5 Å². The lowest BCUT2D eigenvalue weighted by atomic mass is 10.3. The summed E-state index contributed by atoms with van der Waals surface area (Å²) in [7, 11) is 1.66. The third kappa shape index (κ3) is 3.04. The molecule has 1 unspecified atom stereocenters. The molecule has 0 radical (unpaired) electrons. The minimum Gasteiger partial charge on any atom is -0.460 e. The first-order chi connectivity index (χ1) is 9.11. The number of aromatic nitrogens is 1. The molecule has 0 aliphatic carbocycles. The number of hydrogen-bond acceptors (Lipinski definition) is 4. The van der Waals surface area contributed by atoms with Crippen molar-refractivity contribution in [3.05, 3.63) is 24.3 Å². The molecular weight excluding hydrogens is 260 g/mol. The molecule has 0 aliphatic rings. The van der Waals surface area contributed by atoms with Crippen molar-refractivity contribution in [1.29, 1.82) is 0 Å². The third-order valence-corrected chi connectivity index (χ3v) is 3.76. The molecule has 4 nitrogen and oxygen atoms in total. The number of nitrogens with zero attached hydrogens (tertiary/aromatic N) is 2. The summed E-state index contributed by atoms with van der Waals surface area (Å²) in [6, 6.07) is 7.49. The Morgan fingerprint density at radius 2 is 2.32 bits per heavy atom. The fourth-order valence-electron chi connectivity index (χ4n) is 1.47. The molecule has 0 fully saturated rings. The summed E-state index contributed by atoms with van der Waals surface area (Å²) in [5.74, 6) is 2.34. The summed E-state index contributed by atoms with van der Waals surface area (Å²) in [6.07, 6.45) is 5.27. The minimum atomic E-state index is -0.244. The van der Waals surface area contributed by atoms with E-state index in [9.17, 15) is 4.79 Å². The zero-order valence-corrected chi connectivity index (χ0v) is 11.6. The Balaban J connectivity index is 1.99. The van der Waals surface area contributed by atoms with Crippen LogP contribution in [-0.4, -0.2) is 35.5 Å². The Morgan fingerprint density at radius 1 is 1.58 bits per heavy atom. The van der Waals surface area contributed by atoms with Gasteiger partial charge in [0.25, 0.3) is 11.1 Å². The lowest BCUT2D eigenvalue weighted by Gasteiger charge is -2.20. The van der Waals surface area contributed by atoms with Gasteiger partial charge in [-0.1, -0.05) is 29.4 Å². The number of hydrogen-bond donors (Lipinski definition) is 0. The van der Waals surface area contributed by atoms with Crippen molar-refractivity contribution in [2.24, 2.45) is 0 Å². The largest absolute Gasteiger partial charge is 0.460 e. The Labute approximate surface area is 116 Å². The second-order valence-corrected chi connectivity index (χ2v) is 5.08. The van der Waals surface area contributed by atoms with Gasteiger partial charge in [0.15, 0.2) is 6.61 Å². The number of fused-ring (bicyclic) bond motifs is 1. The van der Waals surface area contributed by atoms with Crippen LogP contribution in [0.2, 0.25) is 0 Å². The predicted octanol–water partition coefficient (Wildman–Crippen LogP) is 2.16. The normalized spacial score (nSPS) is 11.8. The van der Waals surface area contributed by atoms with Crippen molar-refractivity contribution in [2.75, 3.05) is 13.7 Å². The molecule has 0 saturated heterocycles. The van der Waals surface area contributed by atoms with Crippen LogP contribution in [0, 0.1) is 12.3 Å². The van der Waals surface area contributed by atoms with E-state index < -0.39 is 0 Å². The highest BCUT2D eigenvalue weighted by Crippen LogP contribution is 2.27. The van der Waals surface area contributed by atoms with E-state index in [0.29, 0.717) is 5.19 Å². The minimum absolute atomic E-state index is 0.0532. The van der Waals surface area contributed by atoms with Gasteiger partial charge in [-0.25, -0.2) is 4.98 Å². The second kappa shape index (κ2) is 5.72. The highest BCUT2D eigenvalue weighted by molar-refractivity contribution is 7.20. The number of rotatable bonds is 4. The van der Waals surface area contributed by atoms with Crippen molar-refractivity contribution in [1.82, 2.24) is 9.88 Å². The number of thiazole rings is 1. The fraction of sp³-hybridized carbons (Fsp3) is 0.286. The standard InChI is InChI=1S/C14H14N2O2S/c1-4-10(2)16(3)13(17)9-18-14-15-11-7-5-6-8-12(11)19-14/h1,5-8,10H,9H2,2-3H3. The lowest BCUT2D eigenvalue weighted by Crippen LogP contribution is -2.37. The van der Waals surface area contributed by atoms with Crippen molar-refractivity contribution >= 4 is 27.5 Å². The molecule has 1 heterocycles. The van der Waals surface area contributed by atoms with Gasteiger partial charge < -0.3 is 9.64 Å². The zero-order valence-electron chi connectivity index (χ0n) is 10.8. The van der Waals surface area contributed by atoms with Crippen molar-refractivity contribution in [2.45, 2.75) is 13.0 Å². The molecule has 0 N–H and O–H groups in total. The average Bonchev–Trinajstić information content (AvgIpc) is 2.85. The maximum atomic E-state index is 11.8. The van der Waals surface area contributed by atoms with Crippen LogP contribution in [-0.2, 0) is 4.79 Å². The number of amides is 1. The lowest BCUT2D eigenvalue weighted by molar-refractivity contribution is -0.132. The Bertz CT molecular complexity index is 597. The summed E-state index contributed by atoms with van der Waals surface area (Å²) in [6.45, 7) is 1.73. The molecule has 2 rings (SSSR count). The van der Waals surface area contributed by atoms with Crippen LogP contribution in [0.4, 0.5) is 0 Å². The fourth-order valence-corrected chi connectivity index (χ4v) is 2.28. The number of ether oxygens (including phenoxy) is 1. The summed E-state index contributed by atoms with van der Waals surface area (Å²) >= 11 is 1.42. The summed E-state index contributed by atoms with van der Waals surface area (Å²) in [4.78, 5) is 17.6. The van der Waals surface area contributed by atoms with Gasteiger partial charge in [0, 0.05) is 7.05 Å². The van der Waals surface area contributed by atoms with E-state index >= 15 is 0 Å². The highest BCUT2D eigenvalue weighted by atomic mass is 32.1. The Kier molecular flexibility index (Phi) is 4.03. The molecule has 0 saturated carbocycles. The maximum absolute atomic E-state index is 11.8. The quantitative estimate of drug-likeness (QED) is 0.802. The molecule has 0 spiro atoms. The zero-order chi connectivity index (χ0) is 13.8. The molecule has 1 aromatic carbocycles. The number of carbonyl (C=O) groups excluding carboxylic acids is 1. The average molecular weight is 274 g/mol.